The van der Waals surface area contributed by atoms with Crippen LogP contribution in [0.15, 0.2) is 24.0 Å². The Morgan fingerprint density at radius 3 is 3.08 bits per heavy atom. The van der Waals surface area contributed by atoms with Crippen LogP contribution < -0.4 is 0 Å². The second-order valence-corrected chi connectivity index (χ2v) is 7.59. The number of hydrogen-bond acceptors (Lipinski definition) is 6. The second-order valence-electron chi connectivity index (χ2n) is 6.61. The fourth-order valence-electron chi connectivity index (χ4n) is 3.86. The van der Waals surface area contributed by atoms with Crippen LogP contribution in [0.2, 0.25) is 0 Å². The average molecular weight is 348 g/mol. The van der Waals surface area contributed by atoms with Crippen LogP contribution in [0, 0.1) is 5.92 Å². The molecule has 2 aromatic heterocycles. The van der Waals surface area contributed by atoms with Gasteiger partial charge >= 0.3 is 0 Å². The van der Waals surface area contributed by atoms with E-state index in [9.17, 15) is 0 Å². The second kappa shape index (κ2) is 7.31. The predicted molar refractivity (Wildman–Crippen MR) is 91.6 cm³/mol. The van der Waals surface area contributed by atoms with E-state index in [1.165, 1.54) is 12.8 Å². The fraction of sp³-hybridized carbons (Fsp3) is 0.647. The standard InChI is InChI=1S/C17H24N4O2S/c1-20-6-4-18-15(20)10-21-7-8-23-17-13(2-3-14(17)21)11-22-12-16-19-5-9-24-16/h4-6,9,13-14,17H,2-3,7-8,10-12H2,1H3. The zero-order valence-electron chi connectivity index (χ0n) is 14.0. The first-order valence-electron chi connectivity index (χ1n) is 8.59. The average Bonchev–Trinajstić information content (AvgIpc) is 3.31. The molecule has 2 fully saturated rings. The van der Waals surface area contributed by atoms with Gasteiger partial charge in [0.1, 0.15) is 10.8 Å². The Balaban J connectivity index is 1.33. The fourth-order valence-corrected chi connectivity index (χ4v) is 4.42. The Hall–Kier alpha value is -1.28. The highest BCUT2D eigenvalue weighted by Gasteiger charge is 2.42. The van der Waals surface area contributed by atoms with Crippen LogP contribution in [-0.2, 0) is 29.7 Å². The summed E-state index contributed by atoms with van der Waals surface area (Å²) in [6.45, 7) is 4.07. The number of hydrogen-bond donors (Lipinski definition) is 0. The van der Waals surface area contributed by atoms with Gasteiger partial charge in [-0.3, -0.25) is 4.90 Å². The number of ether oxygens (including phenoxy) is 2. The van der Waals surface area contributed by atoms with E-state index in [0.29, 0.717) is 18.6 Å². The van der Waals surface area contributed by atoms with Crippen LogP contribution in [0.5, 0.6) is 0 Å². The number of morpholine rings is 1. The van der Waals surface area contributed by atoms with Gasteiger partial charge in [0, 0.05) is 49.5 Å². The zero-order valence-corrected chi connectivity index (χ0v) is 14.8. The van der Waals surface area contributed by atoms with Crippen molar-refractivity contribution in [2.45, 2.75) is 38.1 Å². The summed E-state index contributed by atoms with van der Waals surface area (Å²) in [6.07, 6.45) is 8.35. The van der Waals surface area contributed by atoms with E-state index in [-0.39, 0.29) is 6.10 Å². The summed E-state index contributed by atoms with van der Waals surface area (Å²) in [5.74, 6) is 1.61. The minimum atomic E-state index is 0.287. The molecule has 3 atom stereocenters. The van der Waals surface area contributed by atoms with E-state index in [2.05, 4.69) is 26.5 Å². The van der Waals surface area contributed by atoms with Crippen LogP contribution in [-0.4, -0.2) is 51.3 Å². The summed E-state index contributed by atoms with van der Waals surface area (Å²) >= 11 is 1.65. The van der Waals surface area contributed by atoms with Gasteiger partial charge in [-0.1, -0.05) is 0 Å². The molecule has 1 aliphatic carbocycles. The summed E-state index contributed by atoms with van der Waals surface area (Å²) in [5, 5.41) is 3.04. The van der Waals surface area contributed by atoms with Crippen molar-refractivity contribution in [3.63, 3.8) is 0 Å². The van der Waals surface area contributed by atoms with E-state index in [1.807, 2.05) is 24.0 Å². The molecule has 24 heavy (non-hydrogen) atoms. The van der Waals surface area contributed by atoms with Crippen LogP contribution in [0.25, 0.3) is 0 Å². The maximum atomic E-state index is 6.12. The van der Waals surface area contributed by atoms with Crippen LogP contribution >= 0.6 is 11.3 Å². The van der Waals surface area contributed by atoms with Crippen molar-refractivity contribution in [3.8, 4) is 0 Å². The summed E-state index contributed by atoms with van der Waals surface area (Å²) in [4.78, 5) is 11.3. The van der Waals surface area contributed by atoms with Crippen molar-refractivity contribution in [1.82, 2.24) is 19.4 Å². The minimum Gasteiger partial charge on any atom is -0.375 e. The molecule has 3 heterocycles. The highest BCUT2D eigenvalue weighted by Crippen LogP contribution is 2.35. The van der Waals surface area contributed by atoms with E-state index >= 15 is 0 Å². The summed E-state index contributed by atoms with van der Waals surface area (Å²) < 4.78 is 14.1. The van der Waals surface area contributed by atoms with Crippen LogP contribution in [0.3, 0.4) is 0 Å². The number of fused-ring (bicyclic) bond motifs is 1. The normalized spacial score (nSPS) is 27.5. The van der Waals surface area contributed by atoms with Crippen molar-refractivity contribution in [1.29, 1.82) is 0 Å². The molecule has 0 spiro atoms. The Morgan fingerprint density at radius 1 is 1.33 bits per heavy atom. The van der Waals surface area contributed by atoms with Gasteiger partial charge in [0.15, 0.2) is 0 Å². The Labute approximate surface area is 146 Å². The van der Waals surface area contributed by atoms with Gasteiger partial charge in [0.2, 0.25) is 0 Å². The first-order valence-corrected chi connectivity index (χ1v) is 9.47. The lowest BCUT2D eigenvalue weighted by Crippen LogP contribution is -2.50. The van der Waals surface area contributed by atoms with Crippen molar-refractivity contribution in [3.05, 3.63) is 34.8 Å². The maximum absolute atomic E-state index is 6.12. The number of aryl methyl sites for hydroxylation is 1. The Bertz CT molecular complexity index is 645. The number of nitrogens with zero attached hydrogens (tertiary/aromatic N) is 4. The molecule has 4 rings (SSSR count). The smallest absolute Gasteiger partial charge is 0.122 e. The third kappa shape index (κ3) is 3.39. The molecule has 1 saturated heterocycles. The van der Waals surface area contributed by atoms with E-state index in [0.717, 1.165) is 37.1 Å². The number of rotatable bonds is 6. The first kappa shape index (κ1) is 16.2. The monoisotopic (exact) mass is 348 g/mol. The molecule has 0 bridgehead atoms. The van der Waals surface area contributed by atoms with Gasteiger partial charge in [-0.15, -0.1) is 11.3 Å². The van der Waals surface area contributed by atoms with Gasteiger partial charge in [-0.2, -0.15) is 0 Å². The number of aromatic nitrogens is 3. The summed E-state index contributed by atoms with van der Waals surface area (Å²) in [5.41, 5.74) is 0. The number of imidazole rings is 1. The predicted octanol–water partition coefficient (Wildman–Crippen LogP) is 2.07. The van der Waals surface area contributed by atoms with Crippen LogP contribution in [0.1, 0.15) is 23.7 Å². The molecule has 130 valence electrons. The quantitative estimate of drug-likeness (QED) is 0.800. The third-order valence-corrected chi connectivity index (χ3v) is 5.89. The molecule has 0 radical (unpaired) electrons. The molecule has 3 unspecified atom stereocenters. The lowest BCUT2D eigenvalue weighted by atomic mass is 10.0. The summed E-state index contributed by atoms with van der Waals surface area (Å²) in [7, 11) is 2.06. The van der Waals surface area contributed by atoms with E-state index < -0.39 is 0 Å². The van der Waals surface area contributed by atoms with Crippen LogP contribution in [0.4, 0.5) is 0 Å². The lowest BCUT2D eigenvalue weighted by Gasteiger charge is -2.39. The van der Waals surface area contributed by atoms with Crippen molar-refractivity contribution < 1.29 is 9.47 Å². The molecule has 0 aromatic carbocycles. The molecule has 6 nitrogen and oxygen atoms in total. The molecule has 1 aliphatic heterocycles. The maximum Gasteiger partial charge on any atom is 0.122 e. The van der Waals surface area contributed by atoms with Crippen molar-refractivity contribution >= 4 is 11.3 Å². The first-order chi connectivity index (χ1) is 11.8. The summed E-state index contributed by atoms with van der Waals surface area (Å²) in [6, 6.07) is 0.490. The van der Waals surface area contributed by atoms with Gasteiger partial charge < -0.3 is 14.0 Å². The van der Waals surface area contributed by atoms with E-state index in [4.69, 9.17) is 9.47 Å². The van der Waals surface area contributed by atoms with Gasteiger partial charge in [-0.25, -0.2) is 9.97 Å². The van der Waals surface area contributed by atoms with E-state index in [1.54, 1.807) is 11.3 Å². The molecule has 1 saturated carbocycles. The third-order valence-electron chi connectivity index (χ3n) is 5.14. The zero-order chi connectivity index (χ0) is 16.4. The topological polar surface area (TPSA) is 52.4 Å². The SMILES string of the molecule is Cn1ccnc1CN1CCOC2C(COCc3nccs3)CCC21. The Kier molecular flexibility index (Phi) is 4.93. The highest BCUT2D eigenvalue weighted by molar-refractivity contribution is 7.09. The molecule has 0 amide bonds. The van der Waals surface area contributed by atoms with Gasteiger partial charge in [0.05, 0.1) is 32.5 Å². The molecular formula is C17H24N4O2S. The van der Waals surface area contributed by atoms with Gasteiger partial charge in [-0.05, 0) is 12.8 Å². The molecule has 7 heteroatoms. The van der Waals surface area contributed by atoms with Crippen molar-refractivity contribution in [2.75, 3.05) is 19.8 Å². The lowest BCUT2D eigenvalue weighted by molar-refractivity contribution is -0.0898. The highest BCUT2D eigenvalue weighted by atomic mass is 32.1. The molecular weight excluding hydrogens is 324 g/mol. The molecule has 2 aliphatic rings. The van der Waals surface area contributed by atoms with Gasteiger partial charge in [0.25, 0.3) is 0 Å². The Morgan fingerprint density at radius 2 is 2.29 bits per heavy atom. The largest absolute Gasteiger partial charge is 0.375 e. The molecule has 2 aromatic rings. The minimum absolute atomic E-state index is 0.287. The molecule has 0 N–H and O–H groups in total. The van der Waals surface area contributed by atoms with Crippen molar-refractivity contribution in [2.24, 2.45) is 13.0 Å². The number of thiazole rings is 1.